The monoisotopic (exact) mass is 623 g/mol. The molecule has 2 aromatic heterocycles. The molecule has 43 heavy (non-hydrogen) atoms. The van der Waals surface area contributed by atoms with E-state index in [1.165, 1.54) is 16.7 Å². The van der Waals surface area contributed by atoms with Crippen LogP contribution in [-0.2, 0) is 30.6 Å². The van der Waals surface area contributed by atoms with Gasteiger partial charge < -0.3 is 25.9 Å². The molecule has 0 spiro atoms. The van der Waals surface area contributed by atoms with E-state index in [1.54, 1.807) is 28.6 Å². The first-order chi connectivity index (χ1) is 20.8. The van der Waals surface area contributed by atoms with Crippen molar-refractivity contribution in [2.45, 2.75) is 56.2 Å². The smallest absolute Gasteiger partial charge is 0.352 e. The minimum atomic E-state index is -1.28. The molecule has 0 unspecified atom stereocenters. The minimum absolute atomic E-state index is 0.0960. The Labute approximate surface area is 254 Å². The molecule has 1 aliphatic carbocycles. The molecule has 4 aliphatic rings. The number of anilines is 1. The van der Waals surface area contributed by atoms with Gasteiger partial charge in [-0.05, 0) is 55.9 Å². The van der Waals surface area contributed by atoms with E-state index < -0.39 is 29.2 Å². The number of carboxylic acids is 1. The number of carboxylic acid groups (broad SMARTS) is 1. The number of hydrogen-bond acceptors (Lipinski definition) is 11. The van der Waals surface area contributed by atoms with Gasteiger partial charge in [-0.15, -0.1) is 23.1 Å². The molecule has 2 atom stereocenters. The van der Waals surface area contributed by atoms with Crippen molar-refractivity contribution < 1.29 is 29.1 Å². The number of aliphatic carboxylic acids is 1. The molecular weight excluding hydrogens is 594 g/mol. The van der Waals surface area contributed by atoms with E-state index in [9.17, 15) is 24.3 Å². The van der Waals surface area contributed by atoms with Crippen molar-refractivity contribution in [3.8, 4) is 0 Å². The van der Waals surface area contributed by atoms with Gasteiger partial charge in [0.2, 0.25) is 5.91 Å². The Morgan fingerprint density at radius 2 is 2.07 bits per heavy atom. The maximum absolute atomic E-state index is 13.3. The number of thioether (sulfide) groups is 1. The maximum atomic E-state index is 13.3. The summed E-state index contributed by atoms with van der Waals surface area (Å²) in [4.78, 5) is 68.9. The summed E-state index contributed by atoms with van der Waals surface area (Å²) in [5.74, 6) is -2.46. The molecule has 3 amide bonds. The van der Waals surface area contributed by atoms with Crippen LogP contribution in [0.25, 0.3) is 0 Å². The highest BCUT2D eigenvalue weighted by atomic mass is 32.2. The lowest BCUT2D eigenvalue weighted by Crippen LogP contribution is -2.71. The lowest BCUT2D eigenvalue weighted by atomic mass is 10.0. The SMILES string of the molecule is Nc1nc(/C(=N/OC2CCCC2)C(=O)N[C@@H]2C(=O)N3C(C(=O)O)=C(/C=C4\CCN(Cc5ccccn5)C4=O)CS[C@H]23)cs1. The van der Waals surface area contributed by atoms with E-state index in [0.29, 0.717) is 30.7 Å². The molecule has 2 saturated heterocycles. The number of nitrogens with two attached hydrogens (primary N) is 1. The molecule has 0 radical (unpaired) electrons. The summed E-state index contributed by atoms with van der Waals surface area (Å²) >= 11 is 2.46. The number of rotatable bonds is 9. The van der Waals surface area contributed by atoms with Crippen molar-refractivity contribution in [2.75, 3.05) is 18.0 Å². The van der Waals surface area contributed by atoms with E-state index in [-0.39, 0.29) is 40.0 Å². The number of amides is 3. The van der Waals surface area contributed by atoms with Crippen molar-refractivity contribution in [1.29, 1.82) is 0 Å². The number of β-lactam (4-membered cyclic amide) rings is 1. The Hall–Kier alpha value is -4.24. The number of pyridine rings is 1. The van der Waals surface area contributed by atoms with E-state index in [0.717, 1.165) is 42.7 Å². The summed E-state index contributed by atoms with van der Waals surface area (Å²) in [5.41, 5.74) is 7.34. The molecule has 13 nitrogen and oxygen atoms in total. The quantitative estimate of drug-likeness (QED) is 0.162. The Bertz CT molecular complexity index is 1550. The summed E-state index contributed by atoms with van der Waals surface area (Å²) in [5, 5.41) is 18.1. The van der Waals surface area contributed by atoms with Gasteiger partial charge in [0, 0.05) is 29.4 Å². The topological polar surface area (TPSA) is 180 Å². The van der Waals surface area contributed by atoms with Crippen molar-refractivity contribution in [3.63, 3.8) is 0 Å². The number of nitrogen functional groups attached to an aromatic ring is 1. The second-order valence-corrected chi connectivity index (χ2v) is 12.5. The molecule has 224 valence electrons. The first kappa shape index (κ1) is 28.9. The highest BCUT2D eigenvalue weighted by Gasteiger charge is 2.54. The largest absolute Gasteiger partial charge is 0.477 e. The Morgan fingerprint density at radius 3 is 2.77 bits per heavy atom. The van der Waals surface area contributed by atoms with Crippen molar-refractivity contribution in [2.24, 2.45) is 5.16 Å². The average Bonchev–Trinajstić information content (AvgIpc) is 3.75. The fourth-order valence-electron chi connectivity index (χ4n) is 5.53. The van der Waals surface area contributed by atoms with E-state index in [1.807, 2.05) is 12.1 Å². The molecule has 0 bridgehead atoms. The molecule has 15 heteroatoms. The van der Waals surface area contributed by atoms with Crippen LogP contribution in [0.5, 0.6) is 0 Å². The van der Waals surface area contributed by atoms with Crippen LogP contribution >= 0.6 is 23.1 Å². The number of carbonyl (C=O) groups is 4. The lowest BCUT2D eigenvalue weighted by Gasteiger charge is -2.49. The van der Waals surface area contributed by atoms with Gasteiger partial charge in [-0.2, -0.15) is 0 Å². The molecule has 3 fully saturated rings. The summed E-state index contributed by atoms with van der Waals surface area (Å²) in [7, 11) is 0. The zero-order valence-corrected chi connectivity index (χ0v) is 24.6. The van der Waals surface area contributed by atoms with E-state index in [4.69, 9.17) is 10.6 Å². The van der Waals surface area contributed by atoms with Gasteiger partial charge in [-0.25, -0.2) is 9.78 Å². The fourth-order valence-corrected chi connectivity index (χ4v) is 7.39. The van der Waals surface area contributed by atoms with Gasteiger partial charge >= 0.3 is 5.97 Å². The fraction of sp³-hybridized carbons (Fsp3) is 0.393. The number of nitrogens with zero attached hydrogens (tertiary/aromatic N) is 5. The van der Waals surface area contributed by atoms with Crippen molar-refractivity contribution >= 4 is 57.6 Å². The Morgan fingerprint density at radius 1 is 1.26 bits per heavy atom. The first-order valence-corrected chi connectivity index (χ1v) is 15.8. The predicted molar refractivity (Wildman–Crippen MR) is 158 cm³/mol. The third-order valence-electron chi connectivity index (χ3n) is 7.70. The summed E-state index contributed by atoms with van der Waals surface area (Å²) in [6, 6.07) is 4.52. The van der Waals surface area contributed by atoms with Gasteiger partial charge in [0.15, 0.2) is 10.8 Å². The molecule has 3 aliphatic heterocycles. The van der Waals surface area contributed by atoms with Crippen LogP contribution in [0.3, 0.4) is 0 Å². The normalized spacial score (nSPS) is 23.5. The van der Waals surface area contributed by atoms with Crippen LogP contribution in [-0.4, -0.2) is 84.1 Å². The Kier molecular flexibility index (Phi) is 8.17. The number of allylic oxidation sites excluding steroid dienone is 1. The van der Waals surface area contributed by atoms with Crippen LogP contribution in [0.1, 0.15) is 43.5 Å². The second-order valence-electron chi connectivity index (χ2n) is 10.5. The number of aromatic nitrogens is 2. The predicted octanol–water partition coefficient (Wildman–Crippen LogP) is 1.88. The average molecular weight is 624 g/mol. The second kappa shape index (κ2) is 12.2. The highest BCUT2D eigenvalue weighted by Crippen LogP contribution is 2.41. The number of thiazole rings is 1. The van der Waals surface area contributed by atoms with Gasteiger partial charge in [-0.3, -0.25) is 24.3 Å². The summed E-state index contributed by atoms with van der Waals surface area (Å²) in [6.45, 7) is 0.845. The van der Waals surface area contributed by atoms with Crippen molar-refractivity contribution in [1.82, 2.24) is 25.1 Å². The third kappa shape index (κ3) is 5.86. The van der Waals surface area contributed by atoms with Gasteiger partial charge in [0.25, 0.3) is 11.8 Å². The molecule has 2 aromatic rings. The zero-order valence-electron chi connectivity index (χ0n) is 23.0. The molecule has 1 saturated carbocycles. The van der Waals surface area contributed by atoms with Crippen LogP contribution in [0.2, 0.25) is 0 Å². The third-order valence-corrected chi connectivity index (χ3v) is 9.68. The number of hydrogen-bond donors (Lipinski definition) is 3. The van der Waals surface area contributed by atoms with E-state index >= 15 is 0 Å². The van der Waals surface area contributed by atoms with Gasteiger partial charge in [0.05, 0.1) is 12.2 Å². The highest BCUT2D eigenvalue weighted by molar-refractivity contribution is 8.00. The first-order valence-electron chi connectivity index (χ1n) is 13.9. The maximum Gasteiger partial charge on any atom is 0.352 e. The van der Waals surface area contributed by atoms with Gasteiger partial charge in [-0.1, -0.05) is 11.2 Å². The lowest BCUT2D eigenvalue weighted by molar-refractivity contribution is -0.150. The number of fused-ring (bicyclic) bond motifs is 1. The van der Waals surface area contributed by atoms with Crippen LogP contribution in [0.15, 0.2) is 57.9 Å². The van der Waals surface area contributed by atoms with Crippen LogP contribution in [0, 0.1) is 0 Å². The molecule has 4 N–H and O–H groups in total. The minimum Gasteiger partial charge on any atom is -0.477 e. The summed E-state index contributed by atoms with van der Waals surface area (Å²) in [6.07, 6.45) is 7.32. The molecule has 0 aromatic carbocycles. The zero-order chi connectivity index (χ0) is 30.1. The van der Waals surface area contributed by atoms with Crippen LogP contribution in [0.4, 0.5) is 5.13 Å². The molecule has 5 heterocycles. The number of oxime groups is 1. The molecular formula is C28H29N7O6S2. The van der Waals surface area contributed by atoms with E-state index in [2.05, 4.69) is 20.4 Å². The van der Waals surface area contributed by atoms with Gasteiger partial charge in [0.1, 0.15) is 28.9 Å². The standard InChI is InChI=1S/C28H29N7O6S2/c29-28-31-19(14-43-28)20(33-41-18-6-1-2-7-18)23(36)32-21-25(38)35-22(27(39)40)16(13-42-26(21)35)11-15-8-10-34(24(15)37)12-17-5-3-4-9-30-17/h3-5,9,11,14,18,21,26H,1-2,6-8,10,12-13H2,(H2,29,31)(H,32,36)(H,39,40)/b15-11+,33-20-/t21-,26-/m1/s1. The number of carbonyl (C=O) groups excluding carboxylic acids is 3. The number of likely N-dealkylation sites (tertiary alicyclic amines) is 1. The molecule has 6 rings (SSSR count). The number of nitrogens with one attached hydrogen (secondary N) is 1. The summed E-state index contributed by atoms with van der Waals surface area (Å²) < 4.78 is 0. The van der Waals surface area contributed by atoms with Crippen LogP contribution < -0.4 is 11.1 Å². The van der Waals surface area contributed by atoms with Crippen molar-refractivity contribution in [3.05, 3.63) is 64.1 Å². The Balaban J connectivity index is 1.17.